The Labute approximate surface area is 162 Å². The van der Waals surface area contributed by atoms with Crippen LogP contribution in [0.3, 0.4) is 0 Å². The summed E-state index contributed by atoms with van der Waals surface area (Å²) in [6, 6.07) is 29.1. The molecule has 0 aliphatic rings. The van der Waals surface area contributed by atoms with Gasteiger partial charge in [-0.1, -0.05) is 78.9 Å². The monoisotopic (exact) mass is 369 g/mol. The number of hydrogen-bond acceptors (Lipinski definition) is 4. The highest BCUT2D eigenvalue weighted by Gasteiger charge is 2.39. The molecule has 0 unspecified atom stereocenters. The lowest BCUT2D eigenvalue weighted by atomic mass is 9.85. The van der Waals surface area contributed by atoms with Gasteiger partial charge in [-0.05, 0) is 29.3 Å². The van der Waals surface area contributed by atoms with Gasteiger partial charge in [0.2, 0.25) is 0 Å². The van der Waals surface area contributed by atoms with Gasteiger partial charge in [-0.3, -0.25) is 15.6 Å². The number of anilines is 1. The van der Waals surface area contributed by atoms with E-state index < -0.39 is 11.5 Å². The number of pyridine rings is 1. The summed E-state index contributed by atoms with van der Waals surface area (Å²) in [7, 11) is 0. The molecule has 0 atom stereocenters. The molecule has 0 bridgehead atoms. The summed E-state index contributed by atoms with van der Waals surface area (Å²) in [6.45, 7) is 0. The number of rotatable bonds is 5. The second-order valence-electron chi connectivity index (χ2n) is 6.41. The number of hydrazine groups is 1. The van der Waals surface area contributed by atoms with Crippen LogP contribution in [0.15, 0.2) is 97.1 Å². The Kier molecular flexibility index (Phi) is 4.74. The van der Waals surface area contributed by atoms with E-state index in [1.54, 1.807) is 54.6 Å². The fourth-order valence-electron chi connectivity index (χ4n) is 3.13. The largest absolute Gasteiger partial charge is 0.372 e. The van der Waals surface area contributed by atoms with Crippen LogP contribution in [0.25, 0.3) is 10.9 Å². The number of aliphatic hydroxyl groups is 1. The van der Waals surface area contributed by atoms with E-state index in [0.29, 0.717) is 16.9 Å². The van der Waals surface area contributed by atoms with Crippen molar-refractivity contribution >= 4 is 22.6 Å². The van der Waals surface area contributed by atoms with E-state index in [0.717, 1.165) is 10.9 Å². The van der Waals surface area contributed by atoms with Crippen LogP contribution in [0.1, 0.15) is 11.1 Å². The Balaban J connectivity index is 1.62. The number of aromatic nitrogens is 1. The van der Waals surface area contributed by atoms with Crippen molar-refractivity contribution in [3.05, 3.63) is 108 Å². The number of hydrogen-bond donors (Lipinski definition) is 3. The summed E-state index contributed by atoms with van der Waals surface area (Å²) >= 11 is 0. The minimum Gasteiger partial charge on any atom is -0.372 e. The second-order valence-corrected chi connectivity index (χ2v) is 6.41. The van der Waals surface area contributed by atoms with Crippen molar-refractivity contribution in [2.24, 2.45) is 0 Å². The smallest absolute Gasteiger partial charge is 0.279 e. The summed E-state index contributed by atoms with van der Waals surface area (Å²) in [4.78, 5) is 17.5. The van der Waals surface area contributed by atoms with Crippen molar-refractivity contribution in [3.63, 3.8) is 0 Å². The molecule has 1 aromatic heterocycles. The number of fused-ring (bicyclic) bond motifs is 1. The molecule has 4 rings (SSSR count). The van der Waals surface area contributed by atoms with Gasteiger partial charge in [0.25, 0.3) is 5.91 Å². The molecule has 1 amide bonds. The van der Waals surface area contributed by atoms with Gasteiger partial charge in [0.15, 0.2) is 5.60 Å². The second kappa shape index (κ2) is 7.50. The SMILES string of the molecule is O=C(NNc1ccc2ccccc2n1)C(O)(c1ccccc1)c1ccccc1. The van der Waals surface area contributed by atoms with Crippen LogP contribution < -0.4 is 10.9 Å². The van der Waals surface area contributed by atoms with E-state index in [-0.39, 0.29) is 0 Å². The van der Waals surface area contributed by atoms with Crippen molar-refractivity contribution in [1.82, 2.24) is 10.4 Å². The molecule has 0 spiro atoms. The minimum atomic E-state index is -1.84. The highest BCUT2D eigenvalue weighted by atomic mass is 16.3. The van der Waals surface area contributed by atoms with Crippen molar-refractivity contribution in [3.8, 4) is 0 Å². The highest BCUT2D eigenvalue weighted by Crippen LogP contribution is 2.29. The molecule has 0 radical (unpaired) electrons. The summed E-state index contributed by atoms with van der Waals surface area (Å²) in [5.41, 5.74) is 5.34. The number of nitrogens with zero attached hydrogens (tertiary/aromatic N) is 1. The Hall–Kier alpha value is -3.70. The first-order chi connectivity index (χ1) is 13.7. The molecule has 0 aliphatic carbocycles. The first kappa shape index (κ1) is 17.7. The molecule has 138 valence electrons. The van der Waals surface area contributed by atoms with Crippen LogP contribution in [-0.4, -0.2) is 16.0 Å². The van der Waals surface area contributed by atoms with Gasteiger partial charge in [0.05, 0.1) is 5.52 Å². The zero-order valence-corrected chi connectivity index (χ0v) is 15.0. The molecule has 0 saturated carbocycles. The number of para-hydroxylation sites is 1. The summed E-state index contributed by atoms with van der Waals surface area (Å²) in [5, 5.41) is 12.4. The van der Waals surface area contributed by atoms with Gasteiger partial charge in [-0.25, -0.2) is 4.98 Å². The van der Waals surface area contributed by atoms with E-state index in [9.17, 15) is 9.90 Å². The zero-order valence-electron chi connectivity index (χ0n) is 15.0. The average Bonchev–Trinajstić information content (AvgIpc) is 2.78. The highest BCUT2D eigenvalue weighted by molar-refractivity contribution is 5.91. The van der Waals surface area contributed by atoms with Gasteiger partial charge < -0.3 is 5.11 Å². The first-order valence-corrected chi connectivity index (χ1v) is 8.93. The predicted molar refractivity (Wildman–Crippen MR) is 109 cm³/mol. The van der Waals surface area contributed by atoms with Crippen LogP contribution in [0.5, 0.6) is 0 Å². The lowest BCUT2D eigenvalue weighted by molar-refractivity contribution is -0.136. The molecular formula is C23H19N3O2. The maximum Gasteiger partial charge on any atom is 0.279 e. The van der Waals surface area contributed by atoms with Gasteiger partial charge >= 0.3 is 0 Å². The van der Waals surface area contributed by atoms with Crippen molar-refractivity contribution in [2.75, 3.05) is 5.43 Å². The summed E-state index contributed by atoms with van der Waals surface area (Å²) in [6.07, 6.45) is 0. The molecule has 0 saturated heterocycles. The third kappa shape index (κ3) is 3.31. The average molecular weight is 369 g/mol. The van der Waals surface area contributed by atoms with Gasteiger partial charge in [-0.2, -0.15) is 0 Å². The number of carbonyl (C=O) groups excluding carboxylic acids is 1. The quantitative estimate of drug-likeness (QED) is 0.470. The minimum absolute atomic E-state index is 0.479. The molecule has 4 aromatic rings. The molecule has 3 aromatic carbocycles. The molecular weight excluding hydrogens is 350 g/mol. The van der Waals surface area contributed by atoms with Crippen LogP contribution in [0.4, 0.5) is 5.82 Å². The van der Waals surface area contributed by atoms with Crippen LogP contribution >= 0.6 is 0 Å². The lowest BCUT2D eigenvalue weighted by Crippen LogP contribution is -2.47. The van der Waals surface area contributed by atoms with Crippen molar-refractivity contribution in [2.45, 2.75) is 5.60 Å². The number of benzene rings is 3. The Morgan fingerprint density at radius 3 is 1.96 bits per heavy atom. The Morgan fingerprint density at radius 2 is 1.32 bits per heavy atom. The predicted octanol–water partition coefficient (Wildman–Crippen LogP) is 3.61. The first-order valence-electron chi connectivity index (χ1n) is 8.93. The van der Waals surface area contributed by atoms with Gasteiger partial charge in [0, 0.05) is 5.39 Å². The zero-order chi connectivity index (χ0) is 19.4. The van der Waals surface area contributed by atoms with E-state index >= 15 is 0 Å². The fourth-order valence-corrected chi connectivity index (χ4v) is 3.13. The standard InChI is InChI=1S/C23H19N3O2/c27-22(26-25-21-16-15-17-9-7-8-14-20(17)24-21)23(28,18-10-3-1-4-11-18)19-12-5-2-6-13-19/h1-16,28H,(H,24,25)(H,26,27). The van der Waals surface area contributed by atoms with Crippen molar-refractivity contribution in [1.29, 1.82) is 0 Å². The third-order valence-corrected chi connectivity index (χ3v) is 4.61. The molecule has 28 heavy (non-hydrogen) atoms. The Morgan fingerprint density at radius 1 is 0.750 bits per heavy atom. The maximum atomic E-state index is 13.1. The summed E-state index contributed by atoms with van der Waals surface area (Å²) < 4.78 is 0. The molecule has 0 fully saturated rings. The maximum absolute atomic E-state index is 13.1. The molecule has 0 aliphatic heterocycles. The molecule has 1 heterocycles. The van der Waals surface area contributed by atoms with Crippen LogP contribution in [0, 0.1) is 0 Å². The van der Waals surface area contributed by atoms with Crippen LogP contribution in [0.2, 0.25) is 0 Å². The summed E-state index contributed by atoms with van der Waals surface area (Å²) in [5.74, 6) is -0.115. The van der Waals surface area contributed by atoms with Gasteiger partial charge in [-0.15, -0.1) is 0 Å². The topological polar surface area (TPSA) is 74.2 Å². The number of nitrogens with one attached hydrogen (secondary N) is 2. The van der Waals surface area contributed by atoms with Gasteiger partial charge in [0.1, 0.15) is 5.82 Å². The van der Waals surface area contributed by atoms with Crippen molar-refractivity contribution < 1.29 is 9.90 Å². The molecule has 5 heteroatoms. The van der Waals surface area contributed by atoms with E-state index in [1.165, 1.54) is 0 Å². The van der Waals surface area contributed by atoms with Crippen LogP contribution in [-0.2, 0) is 10.4 Å². The molecule has 5 nitrogen and oxygen atoms in total. The van der Waals surface area contributed by atoms with E-state index in [1.807, 2.05) is 42.5 Å². The fraction of sp³-hybridized carbons (Fsp3) is 0.0435. The van der Waals surface area contributed by atoms with E-state index in [2.05, 4.69) is 15.8 Å². The normalized spacial score (nSPS) is 11.2. The Bertz CT molecular complexity index is 1060. The number of carbonyl (C=O) groups is 1. The number of amides is 1. The molecule has 3 N–H and O–H groups in total. The van der Waals surface area contributed by atoms with E-state index in [4.69, 9.17) is 0 Å². The lowest BCUT2D eigenvalue weighted by Gasteiger charge is -2.28. The third-order valence-electron chi connectivity index (χ3n) is 4.61.